The van der Waals surface area contributed by atoms with E-state index in [0.29, 0.717) is 18.0 Å². The lowest BCUT2D eigenvalue weighted by Gasteiger charge is -2.13. The Morgan fingerprint density at radius 2 is 1.58 bits per heavy atom. The molecule has 0 spiro atoms. The van der Waals surface area contributed by atoms with Crippen LogP contribution in [0, 0.1) is 0 Å². The van der Waals surface area contributed by atoms with Crippen LogP contribution in [0.4, 0.5) is 11.4 Å². The molecule has 2 N–H and O–H groups in total. The van der Waals surface area contributed by atoms with Crippen molar-refractivity contribution in [2.24, 2.45) is 0 Å². The van der Waals surface area contributed by atoms with E-state index in [-0.39, 0.29) is 16.1 Å². The van der Waals surface area contributed by atoms with E-state index in [2.05, 4.69) is 17.0 Å². The number of carbonyl (C=O) groups is 1. The van der Waals surface area contributed by atoms with E-state index < -0.39 is 10.0 Å². The summed E-state index contributed by atoms with van der Waals surface area (Å²) in [5.74, 6) is 0.667. The van der Waals surface area contributed by atoms with Crippen molar-refractivity contribution in [2.45, 2.75) is 41.7 Å². The summed E-state index contributed by atoms with van der Waals surface area (Å²) in [7, 11) is -3.64. The summed E-state index contributed by atoms with van der Waals surface area (Å²) in [5.41, 5.74) is 1.17. The number of sulfonamides is 1. The predicted octanol–water partition coefficient (Wildman–Crippen LogP) is 5.79. The molecule has 0 aromatic heterocycles. The molecule has 6 nitrogen and oxygen atoms in total. The van der Waals surface area contributed by atoms with E-state index in [1.807, 2.05) is 31.2 Å². The molecule has 0 saturated heterocycles. The van der Waals surface area contributed by atoms with Crippen LogP contribution in [0.3, 0.4) is 0 Å². The van der Waals surface area contributed by atoms with Gasteiger partial charge in [0.05, 0.1) is 16.8 Å². The van der Waals surface area contributed by atoms with Gasteiger partial charge in [-0.05, 0) is 74.0 Å². The van der Waals surface area contributed by atoms with E-state index in [9.17, 15) is 13.2 Å². The van der Waals surface area contributed by atoms with E-state index in [1.165, 1.54) is 11.8 Å². The minimum Gasteiger partial charge on any atom is -0.494 e. The van der Waals surface area contributed by atoms with Gasteiger partial charge in [-0.2, -0.15) is 0 Å². The Morgan fingerprint density at radius 1 is 0.939 bits per heavy atom. The molecule has 0 saturated carbocycles. The van der Waals surface area contributed by atoms with Crippen molar-refractivity contribution in [1.29, 1.82) is 0 Å². The predicted molar refractivity (Wildman–Crippen MR) is 134 cm³/mol. The second kappa shape index (κ2) is 11.8. The van der Waals surface area contributed by atoms with Gasteiger partial charge in [0.1, 0.15) is 5.75 Å². The molecule has 1 atom stereocenters. The number of carbonyl (C=O) groups excluding carboxylic acids is 1. The lowest BCUT2D eigenvalue weighted by Crippen LogP contribution is -2.22. The molecular formula is C25H28N2O4S2. The van der Waals surface area contributed by atoms with Crippen LogP contribution in [0.15, 0.2) is 88.7 Å². The summed E-state index contributed by atoms with van der Waals surface area (Å²) in [6.45, 7) is 4.62. The molecule has 0 fully saturated rings. The fourth-order valence-corrected chi connectivity index (χ4v) is 4.83. The standard InChI is InChI=1S/C25H28N2O4S2/c1-3-4-18-31-22-14-10-20(11-15-22)26-25(28)19(2)32-23-16-12-21(13-17-23)27-33(29,30)24-8-6-5-7-9-24/h5-17,19,27H,3-4,18H2,1-2H3,(H,26,28). The minimum atomic E-state index is -3.64. The summed E-state index contributed by atoms with van der Waals surface area (Å²) >= 11 is 1.40. The number of ether oxygens (including phenoxy) is 1. The zero-order valence-corrected chi connectivity index (χ0v) is 20.3. The van der Waals surface area contributed by atoms with Crippen LogP contribution in [-0.2, 0) is 14.8 Å². The summed E-state index contributed by atoms with van der Waals surface area (Å²) in [5, 5.41) is 2.57. The summed E-state index contributed by atoms with van der Waals surface area (Å²) in [6, 6.07) is 22.5. The summed E-state index contributed by atoms with van der Waals surface area (Å²) in [4.78, 5) is 13.6. The van der Waals surface area contributed by atoms with Gasteiger partial charge in [0.2, 0.25) is 5.91 Å². The third kappa shape index (κ3) is 7.54. The van der Waals surface area contributed by atoms with Crippen molar-refractivity contribution < 1.29 is 17.9 Å². The third-order valence-electron chi connectivity index (χ3n) is 4.73. The van der Waals surface area contributed by atoms with E-state index in [4.69, 9.17) is 4.74 Å². The van der Waals surface area contributed by atoms with Crippen LogP contribution in [-0.4, -0.2) is 26.2 Å². The van der Waals surface area contributed by atoms with Gasteiger partial charge in [-0.25, -0.2) is 8.42 Å². The molecule has 1 unspecified atom stereocenters. The number of rotatable bonds is 11. The molecule has 3 aromatic rings. The average molecular weight is 485 g/mol. The Morgan fingerprint density at radius 3 is 2.21 bits per heavy atom. The molecule has 8 heteroatoms. The van der Waals surface area contributed by atoms with Crippen LogP contribution in [0.5, 0.6) is 5.75 Å². The number of anilines is 2. The van der Waals surface area contributed by atoms with Crippen LogP contribution in [0.2, 0.25) is 0 Å². The van der Waals surface area contributed by atoms with Gasteiger partial charge in [0.25, 0.3) is 10.0 Å². The maximum absolute atomic E-state index is 12.6. The van der Waals surface area contributed by atoms with Crippen LogP contribution in [0.25, 0.3) is 0 Å². The average Bonchev–Trinajstić information content (AvgIpc) is 2.82. The van der Waals surface area contributed by atoms with Gasteiger partial charge in [-0.1, -0.05) is 31.5 Å². The number of nitrogens with one attached hydrogen (secondary N) is 2. The fraction of sp³-hybridized carbons (Fsp3) is 0.240. The molecule has 3 aromatic carbocycles. The molecule has 1 amide bonds. The normalized spacial score (nSPS) is 12.1. The Labute approximate surface area is 199 Å². The molecule has 33 heavy (non-hydrogen) atoms. The van der Waals surface area contributed by atoms with Gasteiger partial charge in [0, 0.05) is 16.3 Å². The molecule has 0 heterocycles. The highest BCUT2D eigenvalue weighted by Gasteiger charge is 2.16. The van der Waals surface area contributed by atoms with Gasteiger partial charge < -0.3 is 10.1 Å². The molecule has 0 aliphatic heterocycles. The monoisotopic (exact) mass is 484 g/mol. The number of amides is 1. The number of hydrogen-bond donors (Lipinski definition) is 2. The van der Waals surface area contributed by atoms with Crippen LogP contribution >= 0.6 is 11.8 Å². The smallest absolute Gasteiger partial charge is 0.261 e. The Bertz CT molecular complexity index is 1130. The van der Waals surface area contributed by atoms with E-state index in [1.54, 1.807) is 54.6 Å². The molecule has 0 bridgehead atoms. The first kappa shape index (κ1) is 24.7. The minimum absolute atomic E-state index is 0.117. The number of benzene rings is 3. The number of thioether (sulfide) groups is 1. The zero-order valence-electron chi connectivity index (χ0n) is 18.7. The summed E-state index contributed by atoms with van der Waals surface area (Å²) in [6.07, 6.45) is 2.09. The molecule has 3 rings (SSSR count). The molecular weight excluding hydrogens is 456 g/mol. The Kier molecular flexibility index (Phi) is 8.79. The third-order valence-corrected chi connectivity index (χ3v) is 7.24. The van der Waals surface area contributed by atoms with Crippen molar-refractivity contribution in [2.75, 3.05) is 16.6 Å². The van der Waals surface area contributed by atoms with Crippen molar-refractivity contribution in [1.82, 2.24) is 0 Å². The van der Waals surface area contributed by atoms with Crippen molar-refractivity contribution in [3.8, 4) is 5.75 Å². The largest absolute Gasteiger partial charge is 0.494 e. The fourth-order valence-electron chi connectivity index (χ4n) is 2.89. The Balaban J connectivity index is 1.52. The molecule has 0 aliphatic carbocycles. The maximum Gasteiger partial charge on any atom is 0.261 e. The molecule has 174 valence electrons. The van der Waals surface area contributed by atoms with Gasteiger partial charge in [0.15, 0.2) is 0 Å². The van der Waals surface area contributed by atoms with Gasteiger partial charge in [-0.3, -0.25) is 9.52 Å². The maximum atomic E-state index is 12.6. The highest BCUT2D eigenvalue weighted by molar-refractivity contribution is 8.00. The van der Waals surface area contributed by atoms with Crippen molar-refractivity contribution in [3.05, 3.63) is 78.9 Å². The van der Waals surface area contributed by atoms with Crippen molar-refractivity contribution in [3.63, 3.8) is 0 Å². The second-order valence-electron chi connectivity index (χ2n) is 7.42. The van der Waals surface area contributed by atoms with Crippen LogP contribution in [0.1, 0.15) is 26.7 Å². The quantitative estimate of drug-likeness (QED) is 0.266. The lowest BCUT2D eigenvalue weighted by molar-refractivity contribution is -0.115. The van der Waals surface area contributed by atoms with Gasteiger partial charge >= 0.3 is 0 Å². The summed E-state index contributed by atoms with van der Waals surface area (Å²) < 4.78 is 33.1. The second-order valence-corrected chi connectivity index (χ2v) is 10.5. The first-order chi connectivity index (χ1) is 15.9. The Hall–Kier alpha value is -2.97. The first-order valence-electron chi connectivity index (χ1n) is 10.8. The zero-order chi connectivity index (χ0) is 23.7. The van der Waals surface area contributed by atoms with E-state index in [0.717, 1.165) is 23.5 Å². The highest BCUT2D eigenvalue weighted by Crippen LogP contribution is 2.27. The van der Waals surface area contributed by atoms with E-state index >= 15 is 0 Å². The van der Waals surface area contributed by atoms with Crippen molar-refractivity contribution >= 4 is 39.1 Å². The topological polar surface area (TPSA) is 84.5 Å². The lowest BCUT2D eigenvalue weighted by atomic mass is 10.3. The molecule has 0 aliphatic rings. The molecule has 0 radical (unpaired) electrons. The SMILES string of the molecule is CCCCOc1ccc(NC(=O)C(C)Sc2ccc(NS(=O)(=O)c3ccccc3)cc2)cc1. The number of hydrogen-bond acceptors (Lipinski definition) is 5. The number of unbranched alkanes of at least 4 members (excludes halogenated alkanes) is 1. The first-order valence-corrected chi connectivity index (χ1v) is 13.1. The van der Waals surface area contributed by atoms with Crippen LogP contribution < -0.4 is 14.8 Å². The highest BCUT2D eigenvalue weighted by atomic mass is 32.2. The van der Waals surface area contributed by atoms with Gasteiger partial charge in [-0.15, -0.1) is 11.8 Å².